The predicted molar refractivity (Wildman–Crippen MR) is 55.8 cm³/mol. The normalized spacial score (nSPS) is 10.6. The number of aromatic nitrogens is 2. The van der Waals surface area contributed by atoms with E-state index < -0.39 is 17.6 Å². The molecule has 2 aromatic rings. The summed E-state index contributed by atoms with van der Waals surface area (Å²) in [5.41, 5.74) is -0.186. The second kappa shape index (κ2) is 4.21. The number of fused-ring (bicyclic) bond motifs is 1. The minimum atomic E-state index is -1.08. The largest absolute Gasteiger partial charge is 0.464 e. The number of esters is 1. The minimum Gasteiger partial charge on any atom is -0.464 e. The summed E-state index contributed by atoms with van der Waals surface area (Å²) in [6, 6.07) is 1.71. The maximum atomic E-state index is 13.0. The first-order chi connectivity index (χ1) is 8.04. The molecule has 0 atom stereocenters. The molecular weight excluding hydrogens is 254 g/mol. The van der Waals surface area contributed by atoms with Crippen molar-refractivity contribution in [3.05, 3.63) is 34.5 Å². The number of methoxy groups -OCH3 is 1. The van der Waals surface area contributed by atoms with E-state index in [0.29, 0.717) is 0 Å². The fourth-order valence-electron chi connectivity index (χ4n) is 1.30. The van der Waals surface area contributed by atoms with Gasteiger partial charge in [0.25, 0.3) is 0 Å². The van der Waals surface area contributed by atoms with Gasteiger partial charge in [-0.1, -0.05) is 11.6 Å². The van der Waals surface area contributed by atoms with Crippen molar-refractivity contribution < 1.29 is 18.3 Å². The van der Waals surface area contributed by atoms with Crippen LogP contribution in [-0.2, 0) is 4.74 Å². The van der Waals surface area contributed by atoms with Crippen molar-refractivity contribution in [2.24, 2.45) is 0 Å². The average molecular weight is 259 g/mol. The zero-order valence-corrected chi connectivity index (χ0v) is 9.26. The van der Waals surface area contributed by atoms with Gasteiger partial charge < -0.3 is 4.74 Å². The number of carbonyl (C=O) groups is 1. The molecule has 0 unspecified atom stereocenters. The summed E-state index contributed by atoms with van der Waals surface area (Å²) in [6.07, 6.45) is 0. The van der Waals surface area contributed by atoms with E-state index >= 15 is 0 Å². The molecule has 88 valence electrons. The molecule has 0 saturated heterocycles. The van der Waals surface area contributed by atoms with Crippen molar-refractivity contribution in [2.45, 2.75) is 0 Å². The number of hydrogen-bond acceptors (Lipinski definition) is 4. The molecule has 17 heavy (non-hydrogen) atoms. The standard InChI is InChI=1S/C10H5ClF2N2O2/c1-17-10(16)9-8(11)4-2-5(12)6(13)3-7(4)14-15-9/h2-3H,1H3. The first kappa shape index (κ1) is 11.7. The van der Waals surface area contributed by atoms with Crippen LogP contribution in [0.5, 0.6) is 0 Å². The van der Waals surface area contributed by atoms with Crippen LogP contribution in [0.4, 0.5) is 8.78 Å². The van der Waals surface area contributed by atoms with Crippen LogP contribution in [0.2, 0.25) is 5.02 Å². The lowest BCUT2D eigenvalue weighted by Crippen LogP contribution is -2.07. The Balaban J connectivity index is 2.75. The molecule has 0 aliphatic rings. The molecule has 4 nitrogen and oxygen atoms in total. The van der Waals surface area contributed by atoms with Gasteiger partial charge in [0.15, 0.2) is 17.3 Å². The molecule has 1 heterocycles. The highest BCUT2D eigenvalue weighted by atomic mass is 35.5. The molecule has 0 amide bonds. The zero-order chi connectivity index (χ0) is 12.6. The van der Waals surface area contributed by atoms with Gasteiger partial charge in [0.2, 0.25) is 0 Å². The Labute approximate surface area is 99.2 Å². The van der Waals surface area contributed by atoms with Crippen molar-refractivity contribution in [2.75, 3.05) is 7.11 Å². The van der Waals surface area contributed by atoms with Crippen LogP contribution in [0.25, 0.3) is 10.9 Å². The summed E-state index contributed by atoms with van der Waals surface area (Å²) in [6.45, 7) is 0. The molecule has 2 rings (SSSR count). The molecule has 0 radical (unpaired) electrons. The Morgan fingerprint density at radius 1 is 1.29 bits per heavy atom. The van der Waals surface area contributed by atoms with E-state index in [-0.39, 0.29) is 21.6 Å². The zero-order valence-electron chi connectivity index (χ0n) is 8.50. The third kappa shape index (κ3) is 1.91. The molecule has 0 N–H and O–H groups in total. The first-order valence-corrected chi connectivity index (χ1v) is 4.81. The minimum absolute atomic E-state index is 0.0570. The smallest absolute Gasteiger partial charge is 0.360 e. The van der Waals surface area contributed by atoms with E-state index in [2.05, 4.69) is 14.9 Å². The van der Waals surface area contributed by atoms with Crippen molar-refractivity contribution >= 4 is 28.5 Å². The van der Waals surface area contributed by atoms with Gasteiger partial charge in [0.05, 0.1) is 17.6 Å². The van der Waals surface area contributed by atoms with Gasteiger partial charge in [0.1, 0.15) is 0 Å². The number of benzene rings is 1. The number of hydrogen-bond donors (Lipinski definition) is 0. The van der Waals surface area contributed by atoms with Crippen LogP contribution in [0.1, 0.15) is 10.5 Å². The Morgan fingerprint density at radius 3 is 2.59 bits per heavy atom. The van der Waals surface area contributed by atoms with Crippen molar-refractivity contribution in [3.8, 4) is 0 Å². The van der Waals surface area contributed by atoms with Gasteiger partial charge in [-0.05, 0) is 6.07 Å². The monoisotopic (exact) mass is 258 g/mol. The molecule has 0 bridgehead atoms. The number of ether oxygens (including phenoxy) is 1. The lowest BCUT2D eigenvalue weighted by atomic mass is 10.2. The van der Waals surface area contributed by atoms with E-state index in [1.807, 2.05) is 0 Å². The second-order valence-electron chi connectivity index (χ2n) is 3.14. The quantitative estimate of drug-likeness (QED) is 0.737. The lowest BCUT2D eigenvalue weighted by molar-refractivity contribution is 0.0593. The molecule has 1 aromatic carbocycles. The summed E-state index contributed by atoms with van der Waals surface area (Å²) in [7, 11) is 1.15. The lowest BCUT2D eigenvalue weighted by Gasteiger charge is -2.04. The van der Waals surface area contributed by atoms with Crippen LogP contribution in [0, 0.1) is 11.6 Å². The van der Waals surface area contributed by atoms with Crippen LogP contribution in [0.3, 0.4) is 0 Å². The van der Waals surface area contributed by atoms with Gasteiger partial charge in [0, 0.05) is 11.5 Å². The Kier molecular flexibility index (Phi) is 2.89. The van der Waals surface area contributed by atoms with Crippen LogP contribution in [0.15, 0.2) is 12.1 Å². The first-order valence-electron chi connectivity index (χ1n) is 4.44. The van der Waals surface area contributed by atoms with Crippen LogP contribution < -0.4 is 0 Å². The predicted octanol–water partition coefficient (Wildman–Crippen LogP) is 2.35. The Hall–Kier alpha value is -1.82. The van der Waals surface area contributed by atoms with Crippen LogP contribution >= 0.6 is 11.6 Å². The number of nitrogens with zero attached hydrogens (tertiary/aromatic N) is 2. The van der Waals surface area contributed by atoms with E-state index in [1.165, 1.54) is 0 Å². The number of carbonyl (C=O) groups excluding carboxylic acids is 1. The molecule has 0 spiro atoms. The molecule has 0 aliphatic carbocycles. The van der Waals surface area contributed by atoms with E-state index in [0.717, 1.165) is 19.2 Å². The molecule has 0 aliphatic heterocycles. The highest BCUT2D eigenvalue weighted by Crippen LogP contribution is 2.26. The van der Waals surface area contributed by atoms with Crippen molar-refractivity contribution in [1.82, 2.24) is 10.2 Å². The van der Waals surface area contributed by atoms with Gasteiger partial charge in [-0.3, -0.25) is 0 Å². The van der Waals surface area contributed by atoms with E-state index in [9.17, 15) is 13.6 Å². The fraction of sp³-hybridized carbons (Fsp3) is 0.100. The molecule has 1 aromatic heterocycles. The number of halogens is 3. The van der Waals surface area contributed by atoms with Crippen molar-refractivity contribution in [1.29, 1.82) is 0 Å². The maximum absolute atomic E-state index is 13.0. The Morgan fingerprint density at radius 2 is 1.94 bits per heavy atom. The molecule has 7 heteroatoms. The van der Waals surface area contributed by atoms with Gasteiger partial charge in [-0.15, -0.1) is 10.2 Å². The summed E-state index contributed by atoms with van der Waals surface area (Å²) >= 11 is 5.85. The summed E-state index contributed by atoms with van der Waals surface area (Å²) in [4.78, 5) is 11.3. The van der Waals surface area contributed by atoms with Gasteiger partial charge >= 0.3 is 5.97 Å². The van der Waals surface area contributed by atoms with E-state index in [1.54, 1.807) is 0 Å². The highest BCUT2D eigenvalue weighted by Gasteiger charge is 2.18. The topological polar surface area (TPSA) is 52.1 Å². The third-order valence-corrected chi connectivity index (χ3v) is 2.50. The summed E-state index contributed by atoms with van der Waals surface area (Å²) in [5.74, 6) is -2.94. The number of rotatable bonds is 1. The highest BCUT2D eigenvalue weighted by molar-refractivity contribution is 6.37. The molecular formula is C10H5ClF2N2O2. The summed E-state index contributed by atoms with van der Waals surface area (Å²) < 4.78 is 30.4. The average Bonchev–Trinajstić information content (AvgIpc) is 2.31. The molecule has 0 fully saturated rings. The van der Waals surface area contributed by atoms with E-state index in [4.69, 9.17) is 11.6 Å². The van der Waals surface area contributed by atoms with Gasteiger partial charge in [-0.25, -0.2) is 13.6 Å². The molecule has 0 saturated carbocycles. The fourth-order valence-corrected chi connectivity index (χ4v) is 1.56. The van der Waals surface area contributed by atoms with Crippen LogP contribution in [-0.4, -0.2) is 23.3 Å². The SMILES string of the molecule is COC(=O)c1nnc2cc(F)c(F)cc2c1Cl. The third-order valence-electron chi connectivity index (χ3n) is 2.12. The second-order valence-corrected chi connectivity index (χ2v) is 3.52. The Bertz CT molecular complexity index is 619. The summed E-state index contributed by atoms with van der Waals surface area (Å²) in [5, 5.41) is 7.05. The van der Waals surface area contributed by atoms with Crippen molar-refractivity contribution in [3.63, 3.8) is 0 Å². The maximum Gasteiger partial charge on any atom is 0.360 e. The van der Waals surface area contributed by atoms with Gasteiger partial charge in [-0.2, -0.15) is 0 Å².